The summed E-state index contributed by atoms with van der Waals surface area (Å²) >= 11 is 1.48. The van der Waals surface area contributed by atoms with Gasteiger partial charge in [0.1, 0.15) is 0 Å². The zero-order chi connectivity index (χ0) is 15.1. The smallest absolute Gasteiger partial charge is 0.252 e. The van der Waals surface area contributed by atoms with Crippen LogP contribution >= 0.6 is 11.3 Å². The summed E-state index contributed by atoms with van der Waals surface area (Å²) in [6.45, 7) is 2.90. The first-order valence-corrected chi connectivity index (χ1v) is 7.82. The fourth-order valence-electron chi connectivity index (χ4n) is 2.02. The van der Waals surface area contributed by atoms with Crippen LogP contribution in [0.4, 0.5) is 5.69 Å². The van der Waals surface area contributed by atoms with Gasteiger partial charge in [0, 0.05) is 36.1 Å². The Morgan fingerprint density at radius 1 is 1.19 bits per heavy atom. The molecule has 0 aliphatic heterocycles. The van der Waals surface area contributed by atoms with E-state index < -0.39 is 0 Å². The van der Waals surface area contributed by atoms with Crippen LogP contribution in [0.2, 0.25) is 0 Å². The molecular weight excluding hydrogens is 284 g/mol. The topological polar surface area (TPSA) is 49.4 Å². The second kappa shape index (κ2) is 7.59. The summed E-state index contributed by atoms with van der Waals surface area (Å²) in [5, 5.41) is 6.41. The maximum absolute atomic E-state index is 12.2. The molecule has 2 amide bonds. The zero-order valence-electron chi connectivity index (χ0n) is 11.9. The largest absolute Gasteiger partial charge is 0.351 e. The maximum atomic E-state index is 12.2. The average Bonchev–Trinajstić information content (AvgIpc) is 3.03. The molecule has 1 N–H and O–H groups in total. The van der Waals surface area contributed by atoms with Gasteiger partial charge in [-0.05, 0) is 30.5 Å². The van der Waals surface area contributed by atoms with E-state index in [4.69, 9.17) is 0 Å². The van der Waals surface area contributed by atoms with E-state index in [-0.39, 0.29) is 11.8 Å². The second-order valence-electron chi connectivity index (χ2n) is 4.49. The van der Waals surface area contributed by atoms with Crippen molar-refractivity contribution in [3.05, 3.63) is 52.7 Å². The normalized spacial score (nSPS) is 10.1. The Hall–Kier alpha value is -2.14. The third-order valence-electron chi connectivity index (χ3n) is 3.09. The SMILES string of the molecule is CCN(C(=O)CCNC(=O)c1ccsc1)c1ccccc1. The van der Waals surface area contributed by atoms with Gasteiger partial charge in [0.2, 0.25) is 5.91 Å². The Balaban J connectivity index is 1.85. The quantitative estimate of drug-likeness (QED) is 0.892. The summed E-state index contributed by atoms with van der Waals surface area (Å²) in [6.07, 6.45) is 0.290. The highest BCUT2D eigenvalue weighted by molar-refractivity contribution is 7.08. The van der Waals surface area contributed by atoms with E-state index >= 15 is 0 Å². The molecule has 2 aromatic rings. The van der Waals surface area contributed by atoms with Crippen LogP contribution in [-0.2, 0) is 4.79 Å². The summed E-state index contributed by atoms with van der Waals surface area (Å²) in [6, 6.07) is 11.3. The first-order valence-electron chi connectivity index (χ1n) is 6.88. The number of nitrogens with one attached hydrogen (secondary N) is 1. The molecule has 1 aromatic carbocycles. The minimum absolute atomic E-state index is 0.00863. The van der Waals surface area contributed by atoms with Crippen molar-refractivity contribution in [2.24, 2.45) is 0 Å². The van der Waals surface area contributed by atoms with Gasteiger partial charge in [0.25, 0.3) is 5.91 Å². The summed E-state index contributed by atoms with van der Waals surface area (Å²) in [4.78, 5) is 25.7. The highest BCUT2D eigenvalue weighted by Gasteiger charge is 2.14. The number of amides is 2. The molecule has 0 aliphatic rings. The molecule has 0 saturated carbocycles. The lowest BCUT2D eigenvalue weighted by molar-refractivity contribution is -0.118. The lowest BCUT2D eigenvalue weighted by Gasteiger charge is -2.21. The molecule has 110 valence electrons. The van der Waals surface area contributed by atoms with Crippen molar-refractivity contribution >= 4 is 28.8 Å². The van der Waals surface area contributed by atoms with E-state index in [0.717, 1.165) is 5.69 Å². The Bertz CT molecular complexity index is 582. The molecule has 0 atom stereocenters. The van der Waals surface area contributed by atoms with Gasteiger partial charge < -0.3 is 10.2 Å². The number of carbonyl (C=O) groups excluding carboxylic acids is 2. The summed E-state index contributed by atoms with van der Waals surface area (Å²) in [5.41, 5.74) is 1.53. The molecule has 0 bridgehead atoms. The molecular formula is C16H18N2O2S. The monoisotopic (exact) mass is 302 g/mol. The first-order chi connectivity index (χ1) is 10.2. The van der Waals surface area contributed by atoms with Gasteiger partial charge in [-0.15, -0.1) is 0 Å². The van der Waals surface area contributed by atoms with Crippen molar-refractivity contribution in [3.63, 3.8) is 0 Å². The lowest BCUT2D eigenvalue weighted by Crippen LogP contribution is -2.34. The fraction of sp³-hybridized carbons (Fsp3) is 0.250. The number of anilines is 1. The molecule has 0 unspecified atom stereocenters. The number of carbonyl (C=O) groups is 2. The summed E-state index contributed by atoms with van der Waals surface area (Å²) in [5.74, 6) is -0.124. The number of thiophene rings is 1. The van der Waals surface area contributed by atoms with Gasteiger partial charge in [-0.1, -0.05) is 18.2 Å². The molecule has 5 heteroatoms. The predicted octanol–water partition coefficient (Wildman–Crippen LogP) is 2.92. The molecule has 1 aromatic heterocycles. The lowest BCUT2D eigenvalue weighted by atomic mass is 10.2. The van der Waals surface area contributed by atoms with E-state index in [1.807, 2.05) is 42.6 Å². The van der Waals surface area contributed by atoms with Crippen LogP contribution in [0, 0.1) is 0 Å². The standard InChI is InChI=1S/C16H18N2O2S/c1-2-18(14-6-4-3-5-7-14)15(19)8-10-17-16(20)13-9-11-21-12-13/h3-7,9,11-12H,2,8,10H2,1H3,(H,17,20). The van der Waals surface area contributed by atoms with Crippen molar-refractivity contribution in [3.8, 4) is 0 Å². The van der Waals surface area contributed by atoms with Crippen molar-refractivity contribution in [2.45, 2.75) is 13.3 Å². The van der Waals surface area contributed by atoms with Crippen LogP contribution in [0.15, 0.2) is 47.2 Å². The van der Waals surface area contributed by atoms with Gasteiger partial charge in [-0.25, -0.2) is 0 Å². The molecule has 1 heterocycles. The van der Waals surface area contributed by atoms with Gasteiger partial charge >= 0.3 is 0 Å². The fourth-order valence-corrected chi connectivity index (χ4v) is 2.66. The molecule has 21 heavy (non-hydrogen) atoms. The molecule has 0 aliphatic carbocycles. The van der Waals surface area contributed by atoms with Gasteiger partial charge in [-0.3, -0.25) is 9.59 Å². The van der Waals surface area contributed by atoms with Crippen LogP contribution < -0.4 is 10.2 Å². The summed E-state index contributed by atoms with van der Waals surface area (Å²) in [7, 11) is 0. The van der Waals surface area contributed by atoms with E-state index in [2.05, 4.69) is 5.32 Å². The minimum Gasteiger partial charge on any atom is -0.351 e. The Labute approximate surface area is 128 Å². The van der Waals surface area contributed by atoms with Gasteiger partial charge in [0.15, 0.2) is 0 Å². The third-order valence-corrected chi connectivity index (χ3v) is 3.78. The number of hydrogen-bond acceptors (Lipinski definition) is 3. The van der Waals surface area contributed by atoms with Crippen molar-refractivity contribution in [1.82, 2.24) is 5.32 Å². The Morgan fingerprint density at radius 3 is 2.57 bits per heavy atom. The predicted molar refractivity (Wildman–Crippen MR) is 85.7 cm³/mol. The van der Waals surface area contributed by atoms with Crippen molar-refractivity contribution in [1.29, 1.82) is 0 Å². The van der Waals surface area contributed by atoms with Crippen LogP contribution in [0.3, 0.4) is 0 Å². The Kier molecular flexibility index (Phi) is 5.51. The molecule has 4 nitrogen and oxygen atoms in total. The van der Waals surface area contributed by atoms with Crippen LogP contribution in [-0.4, -0.2) is 24.9 Å². The molecule has 0 fully saturated rings. The van der Waals surface area contributed by atoms with E-state index in [1.54, 1.807) is 16.3 Å². The highest BCUT2D eigenvalue weighted by Crippen LogP contribution is 2.13. The number of benzene rings is 1. The van der Waals surface area contributed by atoms with E-state index in [0.29, 0.717) is 25.1 Å². The van der Waals surface area contributed by atoms with Gasteiger partial charge in [0.05, 0.1) is 0 Å². The second-order valence-corrected chi connectivity index (χ2v) is 5.27. The maximum Gasteiger partial charge on any atom is 0.252 e. The van der Waals surface area contributed by atoms with Crippen LogP contribution in [0.1, 0.15) is 23.7 Å². The number of para-hydroxylation sites is 1. The molecule has 2 rings (SSSR count). The Morgan fingerprint density at radius 2 is 1.95 bits per heavy atom. The van der Waals surface area contributed by atoms with Crippen LogP contribution in [0.5, 0.6) is 0 Å². The highest BCUT2D eigenvalue weighted by atomic mass is 32.1. The van der Waals surface area contributed by atoms with Crippen LogP contribution in [0.25, 0.3) is 0 Å². The number of hydrogen-bond donors (Lipinski definition) is 1. The van der Waals surface area contributed by atoms with Crippen molar-refractivity contribution < 1.29 is 9.59 Å². The first kappa shape index (κ1) is 15.3. The van der Waals surface area contributed by atoms with Gasteiger partial charge in [-0.2, -0.15) is 11.3 Å². The van der Waals surface area contributed by atoms with Crippen molar-refractivity contribution in [2.75, 3.05) is 18.0 Å². The summed E-state index contributed by atoms with van der Waals surface area (Å²) < 4.78 is 0. The zero-order valence-corrected chi connectivity index (χ0v) is 12.7. The molecule has 0 radical (unpaired) electrons. The van der Waals surface area contributed by atoms with E-state index in [9.17, 15) is 9.59 Å². The third kappa shape index (κ3) is 4.16. The number of rotatable bonds is 6. The molecule has 0 saturated heterocycles. The minimum atomic E-state index is -0.133. The van der Waals surface area contributed by atoms with E-state index in [1.165, 1.54) is 11.3 Å². The molecule has 0 spiro atoms. The number of nitrogens with zero attached hydrogens (tertiary/aromatic N) is 1. The average molecular weight is 302 g/mol.